The largest absolute Gasteiger partial charge is 0.375 e. The molecule has 3 rings (SSSR count). The lowest BCUT2D eigenvalue weighted by Crippen LogP contribution is -2.38. The van der Waals surface area contributed by atoms with Crippen LogP contribution in [0.1, 0.15) is 11.1 Å². The Balaban J connectivity index is 1.43. The van der Waals surface area contributed by atoms with E-state index < -0.39 is 0 Å². The number of guanidine groups is 1. The third-order valence-corrected chi connectivity index (χ3v) is 4.06. The van der Waals surface area contributed by atoms with Crippen LogP contribution in [0, 0.1) is 0 Å². The summed E-state index contributed by atoms with van der Waals surface area (Å²) in [5.74, 6) is 0.759. The lowest BCUT2D eigenvalue weighted by Gasteiger charge is -2.13. The number of aromatic nitrogens is 1. The van der Waals surface area contributed by atoms with Gasteiger partial charge >= 0.3 is 0 Å². The highest BCUT2D eigenvalue weighted by Gasteiger charge is 2.03. The minimum absolute atomic E-state index is 0.619. The quantitative estimate of drug-likeness (QED) is 0.391. The van der Waals surface area contributed by atoms with Gasteiger partial charge in [0.15, 0.2) is 5.96 Å². The van der Waals surface area contributed by atoms with Crippen LogP contribution in [-0.2, 0) is 17.9 Å². The summed E-state index contributed by atoms with van der Waals surface area (Å²) in [4.78, 5) is 8.66. The first-order valence-electron chi connectivity index (χ1n) is 8.75. The molecule has 0 aliphatic rings. The molecular weight excluding hydrogens is 324 g/mol. The van der Waals surface area contributed by atoms with Gasteiger partial charge in [0.1, 0.15) is 0 Å². The summed E-state index contributed by atoms with van der Waals surface area (Å²) in [7, 11) is 1.77. The highest BCUT2D eigenvalue weighted by Crippen LogP contribution is 2.15. The molecule has 5 nitrogen and oxygen atoms in total. The van der Waals surface area contributed by atoms with E-state index in [4.69, 9.17) is 4.74 Å². The van der Waals surface area contributed by atoms with Crippen LogP contribution in [0.15, 0.2) is 71.9 Å². The van der Waals surface area contributed by atoms with Crippen molar-refractivity contribution in [2.24, 2.45) is 4.99 Å². The lowest BCUT2D eigenvalue weighted by molar-refractivity contribution is 0.125. The van der Waals surface area contributed by atoms with Gasteiger partial charge in [0.25, 0.3) is 0 Å². The van der Waals surface area contributed by atoms with Gasteiger partial charge in [0, 0.05) is 31.7 Å². The first kappa shape index (κ1) is 17.9. The number of aliphatic imine (C=N–C) groups is 1. The topological polar surface area (TPSA) is 58.5 Å². The molecule has 26 heavy (non-hydrogen) atoms. The first-order chi connectivity index (χ1) is 12.9. The number of para-hydroxylation sites is 1. The van der Waals surface area contributed by atoms with Gasteiger partial charge < -0.3 is 15.4 Å². The summed E-state index contributed by atoms with van der Waals surface area (Å²) in [5, 5.41) is 7.77. The van der Waals surface area contributed by atoms with Gasteiger partial charge in [-0.2, -0.15) is 0 Å². The SMILES string of the molecule is CN=C(NCCOCc1ccccc1)NCc1ccnc2ccccc12. The Labute approximate surface area is 154 Å². The van der Waals surface area contributed by atoms with Crippen molar-refractivity contribution in [2.75, 3.05) is 20.2 Å². The van der Waals surface area contributed by atoms with Gasteiger partial charge in [-0.15, -0.1) is 0 Å². The van der Waals surface area contributed by atoms with E-state index in [1.807, 2.05) is 48.7 Å². The minimum Gasteiger partial charge on any atom is -0.375 e. The second-order valence-corrected chi connectivity index (χ2v) is 5.88. The fraction of sp³-hybridized carbons (Fsp3) is 0.238. The van der Waals surface area contributed by atoms with Crippen molar-refractivity contribution in [3.63, 3.8) is 0 Å². The second-order valence-electron chi connectivity index (χ2n) is 5.88. The molecule has 0 spiro atoms. The molecule has 0 saturated heterocycles. The normalized spacial score (nSPS) is 11.5. The zero-order valence-electron chi connectivity index (χ0n) is 15.0. The average molecular weight is 348 g/mol. The maximum absolute atomic E-state index is 5.68. The van der Waals surface area contributed by atoms with Crippen LogP contribution in [0.4, 0.5) is 0 Å². The van der Waals surface area contributed by atoms with Crippen molar-refractivity contribution < 1.29 is 4.74 Å². The first-order valence-corrected chi connectivity index (χ1v) is 8.75. The number of hydrogen-bond acceptors (Lipinski definition) is 3. The van der Waals surface area contributed by atoms with Crippen molar-refractivity contribution >= 4 is 16.9 Å². The van der Waals surface area contributed by atoms with E-state index in [1.165, 1.54) is 11.1 Å². The van der Waals surface area contributed by atoms with E-state index in [0.717, 1.165) is 16.9 Å². The van der Waals surface area contributed by atoms with E-state index in [-0.39, 0.29) is 0 Å². The molecule has 0 atom stereocenters. The molecule has 0 bridgehead atoms. The molecule has 0 radical (unpaired) electrons. The molecule has 2 N–H and O–H groups in total. The number of nitrogens with one attached hydrogen (secondary N) is 2. The number of hydrogen-bond donors (Lipinski definition) is 2. The Hall–Kier alpha value is -2.92. The molecular formula is C21H24N4O. The van der Waals surface area contributed by atoms with Crippen LogP contribution < -0.4 is 10.6 Å². The molecule has 0 aliphatic carbocycles. The van der Waals surface area contributed by atoms with Gasteiger partial charge in [-0.25, -0.2) is 0 Å². The van der Waals surface area contributed by atoms with Crippen molar-refractivity contribution in [1.29, 1.82) is 0 Å². The number of fused-ring (bicyclic) bond motifs is 1. The fourth-order valence-electron chi connectivity index (χ4n) is 2.71. The summed E-state index contributed by atoms with van der Waals surface area (Å²) in [5.41, 5.74) is 3.38. The van der Waals surface area contributed by atoms with Crippen LogP contribution in [0.3, 0.4) is 0 Å². The van der Waals surface area contributed by atoms with Crippen LogP contribution in [-0.4, -0.2) is 31.1 Å². The molecule has 0 saturated carbocycles. The maximum atomic E-state index is 5.68. The predicted molar refractivity (Wildman–Crippen MR) is 106 cm³/mol. The van der Waals surface area contributed by atoms with Gasteiger partial charge in [0.05, 0.1) is 18.7 Å². The Morgan fingerprint density at radius 3 is 2.65 bits per heavy atom. The van der Waals surface area contributed by atoms with Crippen molar-refractivity contribution in [1.82, 2.24) is 15.6 Å². The molecule has 3 aromatic rings. The van der Waals surface area contributed by atoms with Crippen LogP contribution in [0.25, 0.3) is 10.9 Å². The maximum Gasteiger partial charge on any atom is 0.191 e. The number of rotatable bonds is 7. The smallest absolute Gasteiger partial charge is 0.191 e. The van der Waals surface area contributed by atoms with Crippen LogP contribution >= 0.6 is 0 Å². The predicted octanol–water partition coefficient (Wildman–Crippen LogP) is 3.12. The molecule has 5 heteroatoms. The summed E-state index contributed by atoms with van der Waals surface area (Å²) in [6, 6.07) is 20.4. The van der Waals surface area contributed by atoms with E-state index in [1.54, 1.807) is 7.05 Å². The molecule has 2 aromatic carbocycles. The average Bonchev–Trinajstić information content (AvgIpc) is 2.71. The molecule has 0 unspecified atom stereocenters. The van der Waals surface area contributed by atoms with Crippen molar-refractivity contribution in [3.8, 4) is 0 Å². The Kier molecular flexibility index (Phi) is 6.56. The number of benzene rings is 2. The molecule has 0 fully saturated rings. The van der Waals surface area contributed by atoms with Gasteiger partial charge in [0.2, 0.25) is 0 Å². The summed E-state index contributed by atoms with van der Waals surface area (Å²) in [6.45, 7) is 2.63. The zero-order valence-corrected chi connectivity index (χ0v) is 15.0. The molecule has 0 aliphatic heterocycles. The zero-order chi connectivity index (χ0) is 18.0. The van der Waals surface area contributed by atoms with E-state index in [9.17, 15) is 0 Å². The van der Waals surface area contributed by atoms with Gasteiger partial charge in [-0.3, -0.25) is 9.98 Å². The fourth-order valence-corrected chi connectivity index (χ4v) is 2.71. The van der Waals surface area contributed by atoms with Crippen LogP contribution in [0.5, 0.6) is 0 Å². The van der Waals surface area contributed by atoms with E-state index in [2.05, 4.69) is 38.8 Å². The lowest BCUT2D eigenvalue weighted by atomic mass is 10.1. The number of ether oxygens (including phenoxy) is 1. The minimum atomic E-state index is 0.619. The molecule has 1 heterocycles. The third kappa shape index (κ3) is 5.04. The monoisotopic (exact) mass is 348 g/mol. The Morgan fingerprint density at radius 2 is 1.81 bits per heavy atom. The Morgan fingerprint density at radius 1 is 1.00 bits per heavy atom. The van der Waals surface area contributed by atoms with Gasteiger partial charge in [-0.05, 0) is 23.3 Å². The second kappa shape index (κ2) is 9.53. The van der Waals surface area contributed by atoms with Crippen LogP contribution in [0.2, 0.25) is 0 Å². The molecule has 134 valence electrons. The van der Waals surface area contributed by atoms with E-state index >= 15 is 0 Å². The Bertz CT molecular complexity index is 844. The highest BCUT2D eigenvalue weighted by molar-refractivity contribution is 5.83. The number of nitrogens with zero attached hydrogens (tertiary/aromatic N) is 2. The van der Waals surface area contributed by atoms with Gasteiger partial charge in [-0.1, -0.05) is 48.5 Å². The summed E-state index contributed by atoms with van der Waals surface area (Å²) < 4.78 is 5.68. The third-order valence-electron chi connectivity index (χ3n) is 4.06. The summed E-state index contributed by atoms with van der Waals surface area (Å²) in [6.07, 6.45) is 1.84. The summed E-state index contributed by atoms with van der Waals surface area (Å²) >= 11 is 0. The standard InChI is InChI=1S/C21H24N4O/c1-22-21(24-13-14-26-16-17-7-3-2-4-8-17)25-15-18-11-12-23-20-10-6-5-9-19(18)20/h2-12H,13-16H2,1H3,(H2,22,24,25). The van der Waals surface area contributed by atoms with Crippen molar-refractivity contribution in [3.05, 3.63) is 78.0 Å². The highest BCUT2D eigenvalue weighted by atomic mass is 16.5. The molecule has 0 amide bonds. The number of pyridine rings is 1. The van der Waals surface area contributed by atoms with Crippen molar-refractivity contribution in [2.45, 2.75) is 13.2 Å². The van der Waals surface area contributed by atoms with E-state index in [0.29, 0.717) is 26.3 Å². The molecule has 1 aromatic heterocycles.